The van der Waals surface area contributed by atoms with Crippen molar-refractivity contribution in [3.05, 3.63) is 29.8 Å². The molecule has 1 aliphatic rings. The van der Waals surface area contributed by atoms with E-state index in [-0.39, 0.29) is 11.3 Å². The van der Waals surface area contributed by atoms with Crippen molar-refractivity contribution in [3.63, 3.8) is 0 Å². The van der Waals surface area contributed by atoms with Gasteiger partial charge in [0.25, 0.3) is 0 Å². The zero-order valence-electron chi connectivity index (χ0n) is 9.39. The lowest BCUT2D eigenvalue weighted by atomic mass is 10.1. The van der Waals surface area contributed by atoms with E-state index in [9.17, 15) is 8.42 Å². The second-order valence-electron chi connectivity index (χ2n) is 4.57. The molecule has 0 bridgehead atoms. The normalized spacial score (nSPS) is 18.4. The largest absolute Gasteiger partial charge is 0.328 e. The van der Waals surface area contributed by atoms with Crippen LogP contribution in [0.1, 0.15) is 25.3 Å². The fourth-order valence-corrected chi connectivity index (χ4v) is 3.41. The van der Waals surface area contributed by atoms with E-state index in [0.29, 0.717) is 4.90 Å². The zero-order chi connectivity index (χ0) is 11.8. The topological polar surface area (TPSA) is 60.2 Å². The van der Waals surface area contributed by atoms with Gasteiger partial charge < -0.3 is 5.73 Å². The van der Waals surface area contributed by atoms with Crippen LogP contribution in [0.25, 0.3) is 0 Å². The first kappa shape index (κ1) is 11.6. The van der Waals surface area contributed by atoms with Crippen LogP contribution in [0.2, 0.25) is 0 Å². The van der Waals surface area contributed by atoms with Crippen molar-refractivity contribution >= 4 is 9.84 Å². The average molecular weight is 239 g/mol. The van der Waals surface area contributed by atoms with E-state index < -0.39 is 9.84 Å². The highest BCUT2D eigenvalue weighted by Gasteiger charge is 2.36. The Morgan fingerprint density at radius 2 is 1.88 bits per heavy atom. The highest BCUT2D eigenvalue weighted by molar-refractivity contribution is 7.92. The minimum Gasteiger partial charge on any atom is -0.328 e. The smallest absolute Gasteiger partial charge is 0.181 e. The van der Waals surface area contributed by atoms with Crippen molar-refractivity contribution in [2.75, 3.05) is 0 Å². The summed E-state index contributed by atoms with van der Waals surface area (Å²) in [6.07, 6.45) is 2.40. The molecule has 1 atom stereocenters. The highest BCUT2D eigenvalue weighted by atomic mass is 32.2. The van der Waals surface area contributed by atoms with E-state index >= 15 is 0 Å². The molecule has 0 aliphatic heterocycles. The Hall–Kier alpha value is -0.870. The van der Waals surface area contributed by atoms with E-state index in [2.05, 4.69) is 0 Å². The third kappa shape index (κ3) is 2.44. The molecule has 1 aromatic rings. The monoisotopic (exact) mass is 239 g/mol. The van der Waals surface area contributed by atoms with Gasteiger partial charge in [0.05, 0.1) is 10.1 Å². The van der Waals surface area contributed by atoms with Gasteiger partial charge in [0.1, 0.15) is 0 Å². The summed E-state index contributed by atoms with van der Waals surface area (Å²) < 4.78 is 23.8. The number of hydrogen-bond acceptors (Lipinski definition) is 3. The molecule has 2 rings (SSSR count). The predicted molar refractivity (Wildman–Crippen MR) is 64.0 cm³/mol. The molecule has 1 aliphatic carbocycles. The lowest BCUT2D eigenvalue weighted by Gasteiger charge is -2.07. The molecular weight excluding hydrogens is 222 g/mol. The molecule has 88 valence electrons. The van der Waals surface area contributed by atoms with Crippen LogP contribution >= 0.6 is 0 Å². The first-order valence-electron chi connectivity index (χ1n) is 5.58. The fraction of sp³-hybridized carbons (Fsp3) is 0.500. The summed E-state index contributed by atoms with van der Waals surface area (Å²) in [6.45, 7) is 1.94. The van der Waals surface area contributed by atoms with Gasteiger partial charge in [-0.2, -0.15) is 0 Å². The summed E-state index contributed by atoms with van der Waals surface area (Å²) in [6, 6.07) is 7.22. The van der Waals surface area contributed by atoms with E-state index in [1.807, 2.05) is 19.1 Å². The summed E-state index contributed by atoms with van der Waals surface area (Å²) >= 11 is 0. The van der Waals surface area contributed by atoms with Gasteiger partial charge in [-0.15, -0.1) is 0 Å². The van der Waals surface area contributed by atoms with Crippen molar-refractivity contribution in [2.45, 2.75) is 42.4 Å². The van der Waals surface area contributed by atoms with Crippen molar-refractivity contribution in [3.8, 4) is 0 Å². The molecule has 0 amide bonds. The Morgan fingerprint density at radius 3 is 2.31 bits per heavy atom. The molecule has 0 radical (unpaired) electrons. The van der Waals surface area contributed by atoms with Gasteiger partial charge in [-0.1, -0.05) is 12.1 Å². The van der Waals surface area contributed by atoms with Crippen LogP contribution in [-0.2, 0) is 16.3 Å². The number of rotatable bonds is 4. The third-order valence-electron chi connectivity index (χ3n) is 2.77. The summed E-state index contributed by atoms with van der Waals surface area (Å²) in [4.78, 5) is 0.448. The van der Waals surface area contributed by atoms with Crippen molar-refractivity contribution in [1.82, 2.24) is 0 Å². The maximum absolute atomic E-state index is 11.9. The molecule has 2 N–H and O–H groups in total. The fourth-order valence-electron chi connectivity index (χ4n) is 1.76. The average Bonchev–Trinajstić information content (AvgIpc) is 3.00. The summed E-state index contributed by atoms with van der Waals surface area (Å²) in [7, 11) is -3.04. The maximum Gasteiger partial charge on any atom is 0.181 e. The molecule has 4 heteroatoms. The molecular formula is C12H17NO2S. The van der Waals surface area contributed by atoms with Crippen LogP contribution in [0.3, 0.4) is 0 Å². The van der Waals surface area contributed by atoms with Crippen molar-refractivity contribution < 1.29 is 8.42 Å². The lowest BCUT2D eigenvalue weighted by molar-refractivity contribution is 0.594. The molecule has 1 unspecified atom stereocenters. The van der Waals surface area contributed by atoms with Gasteiger partial charge >= 0.3 is 0 Å². The molecule has 0 saturated heterocycles. The highest BCUT2D eigenvalue weighted by Crippen LogP contribution is 2.33. The van der Waals surface area contributed by atoms with Gasteiger partial charge in [0.15, 0.2) is 9.84 Å². The number of benzene rings is 1. The van der Waals surface area contributed by atoms with E-state index in [0.717, 1.165) is 24.8 Å². The van der Waals surface area contributed by atoms with Gasteiger partial charge in [0.2, 0.25) is 0 Å². The SMILES string of the molecule is CC(N)Cc1ccc(S(=O)(=O)C2CC2)cc1. The Morgan fingerprint density at radius 1 is 1.31 bits per heavy atom. The number of sulfone groups is 1. The first-order valence-corrected chi connectivity index (χ1v) is 7.13. The van der Waals surface area contributed by atoms with Crippen LogP contribution in [-0.4, -0.2) is 19.7 Å². The summed E-state index contributed by atoms with van der Waals surface area (Å²) in [5, 5.41) is -0.133. The Kier molecular flexibility index (Phi) is 3.04. The molecule has 1 fully saturated rings. The van der Waals surface area contributed by atoms with E-state index in [4.69, 9.17) is 5.73 Å². The second-order valence-corrected chi connectivity index (χ2v) is 6.80. The van der Waals surface area contributed by atoms with Crippen LogP contribution in [0.4, 0.5) is 0 Å². The maximum atomic E-state index is 11.9. The quantitative estimate of drug-likeness (QED) is 0.866. The van der Waals surface area contributed by atoms with Crippen LogP contribution in [0, 0.1) is 0 Å². The van der Waals surface area contributed by atoms with Crippen LogP contribution in [0.5, 0.6) is 0 Å². The first-order chi connectivity index (χ1) is 7.50. The van der Waals surface area contributed by atoms with Gasteiger partial charge in [-0.25, -0.2) is 8.42 Å². The molecule has 1 aromatic carbocycles. The van der Waals surface area contributed by atoms with Gasteiger partial charge in [-0.3, -0.25) is 0 Å². The third-order valence-corrected chi connectivity index (χ3v) is 5.05. The minimum absolute atomic E-state index is 0.103. The molecule has 0 spiro atoms. The molecule has 1 saturated carbocycles. The summed E-state index contributed by atoms with van der Waals surface area (Å²) in [5.41, 5.74) is 6.78. The predicted octanol–water partition coefficient (Wildman–Crippen LogP) is 1.51. The van der Waals surface area contributed by atoms with Crippen LogP contribution in [0.15, 0.2) is 29.2 Å². The zero-order valence-corrected chi connectivity index (χ0v) is 10.2. The number of nitrogens with two attached hydrogens (primary N) is 1. The van der Waals surface area contributed by atoms with Crippen molar-refractivity contribution in [1.29, 1.82) is 0 Å². The Balaban J connectivity index is 2.19. The van der Waals surface area contributed by atoms with Crippen molar-refractivity contribution in [2.24, 2.45) is 5.73 Å². The molecule has 3 nitrogen and oxygen atoms in total. The van der Waals surface area contributed by atoms with Gasteiger partial charge in [-0.05, 0) is 43.9 Å². The molecule has 0 aromatic heterocycles. The summed E-state index contributed by atoms with van der Waals surface area (Å²) in [5.74, 6) is 0. The number of hydrogen-bond donors (Lipinski definition) is 1. The van der Waals surface area contributed by atoms with Crippen LogP contribution < -0.4 is 5.73 Å². The van der Waals surface area contributed by atoms with Gasteiger partial charge in [0, 0.05) is 6.04 Å². The van der Waals surface area contributed by atoms with E-state index in [1.54, 1.807) is 12.1 Å². The van der Waals surface area contributed by atoms with E-state index in [1.165, 1.54) is 0 Å². The standard InChI is InChI=1S/C12H17NO2S/c1-9(13)8-10-2-4-11(5-3-10)16(14,15)12-6-7-12/h2-5,9,12H,6-8,13H2,1H3. The minimum atomic E-state index is -3.04. The Labute approximate surface area is 96.6 Å². The molecule has 16 heavy (non-hydrogen) atoms. The lowest BCUT2D eigenvalue weighted by Crippen LogP contribution is -2.17. The molecule has 0 heterocycles. The second kappa shape index (κ2) is 4.18. The Bertz CT molecular complexity index is 458.